The minimum absolute atomic E-state index is 0.0764. The van der Waals surface area contributed by atoms with E-state index in [-0.39, 0.29) is 19.6 Å². The van der Waals surface area contributed by atoms with E-state index in [1.54, 1.807) is 6.92 Å². The highest BCUT2D eigenvalue weighted by molar-refractivity contribution is 5.81. The number of aryl methyl sites for hydroxylation is 1. The maximum Gasteiger partial charge on any atom is 0.408 e. The van der Waals surface area contributed by atoms with Crippen molar-refractivity contribution in [2.45, 2.75) is 32.6 Å². The molecule has 7 heteroatoms. The van der Waals surface area contributed by atoms with Crippen LogP contribution in [0.25, 0.3) is 11.5 Å². The summed E-state index contributed by atoms with van der Waals surface area (Å²) in [6.45, 7) is 1.79. The van der Waals surface area contributed by atoms with E-state index >= 15 is 0 Å². The van der Waals surface area contributed by atoms with Crippen molar-refractivity contribution >= 4 is 12.1 Å². The van der Waals surface area contributed by atoms with Crippen molar-refractivity contribution in [3.8, 4) is 11.5 Å². The van der Waals surface area contributed by atoms with E-state index < -0.39 is 18.1 Å². The first-order chi connectivity index (χ1) is 17.1. The highest BCUT2D eigenvalue weighted by atomic mass is 16.6. The van der Waals surface area contributed by atoms with Crippen LogP contribution >= 0.6 is 0 Å². The number of carbonyl (C=O) groups is 2. The summed E-state index contributed by atoms with van der Waals surface area (Å²) in [6.07, 6.45) is -0.441. The standard InChI is InChI=1S/C28H26N2O5/c1-20-25(29-26(35-20)23-15-9-4-10-16-23)19-33-27(31)24(17-21-11-5-2-6-12-21)30-28(32)34-18-22-13-7-3-8-14-22/h2-16,24H,17-19H2,1H3,(H,30,32)/t24-/m0/s1. The maximum atomic E-state index is 13.0. The lowest BCUT2D eigenvalue weighted by Crippen LogP contribution is -2.43. The van der Waals surface area contributed by atoms with Crippen LogP contribution < -0.4 is 5.32 Å². The molecular formula is C28H26N2O5. The SMILES string of the molecule is Cc1oc(-c2ccccc2)nc1COC(=O)[C@H](Cc1ccccc1)NC(=O)OCc1ccccc1. The lowest BCUT2D eigenvalue weighted by molar-refractivity contribution is -0.147. The molecule has 0 aliphatic carbocycles. The molecule has 0 saturated carbocycles. The summed E-state index contributed by atoms with van der Waals surface area (Å²) in [4.78, 5) is 29.9. The number of esters is 1. The van der Waals surface area contributed by atoms with Gasteiger partial charge in [0, 0.05) is 12.0 Å². The lowest BCUT2D eigenvalue weighted by Gasteiger charge is -2.17. The van der Waals surface area contributed by atoms with Crippen molar-refractivity contribution in [2.75, 3.05) is 0 Å². The largest absolute Gasteiger partial charge is 0.457 e. The third kappa shape index (κ3) is 6.80. The summed E-state index contributed by atoms with van der Waals surface area (Å²) in [5, 5.41) is 2.64. The molecule has 1 aromatic heterocycles. The molecule has 7 nitrogen and oxygen atoms in total. The Kier molecular flexibility index (Phi) is 7.91. The number of nitrogens with one attached hydrogen (secondary N) is 1. The number of amides is 1. The first-order valence-electron chi connectivity index (χ1n) is 11.3. The number of nitrogens with zero attached hydrogens (tertiary/aromatic N) is 1. The second-order valence-corrected chi connectivity index (χ2v) is 7.94. The van der Waals surface area contributed by atoms with Gasteiger partial charge in [0.25, 0.3) is 0 Å². The number of alkyl carbamates (subject to hydrolysis) is 1. The van der Waals surface area contributed by atoms with Gasteiger partial charge in [-0.2, -0.15) is 0 Å². The fraction of sp³-hybridized carbons (Fsp3) is 0.179. The molecule has 4 aromatic rings. The lowest BCUT2D eigenvalue weighted by atomic mass is 10.1. The van der Waals surface area contributed by atoms with E-state index in [0.29, 0.717) is 17.3 Å². The number of carbonyl (C=O) groups excluding carboxylic acids is 2. The molecule has 1 amide bonds. The maximum absolute atomic E-state index is 13.0. The number of rotatable bonds is 9. The first kappa shape index (κ1) is 23.8. The number of benzene rings is 3. The number of aromatic nitrogens is 1. The van der Waals surface area contributed by atoms with Crippen LogP contribution in [0.2, 0.25) is 0 Å². The molecule has 0 aliphatic rings. The van der Waals surface area contributed by atoms with Crippen LogP contribution in [-0.2, 0) is 33.9 Å². The van der Waals surface area contributed by atoms with E-state index in [1.807, 2.05) is 91.0 Å². The van der Waals surface area contributed by atoms with E-state index in [4.69, 9.17) is 13.9 Å². The van der Waals surface area contributed by atoms with Crippen LogP contribution in [0, 0.1) is 6.92 Å². The molecule has 4 rings (SSSR count). The fourth-order valence-electron chi connectivity index (χ4n) is 3.46. The molecule has 0 radical (unpaired) electrons. The summed E-state index contributed by atoms with van der Waals surface area (Å²) in [5.41, 5.74) is 3.07. The smallest absolute Gasteiger partial charge is 0.408 e. The summed E-state index contributed by atoms with van der Waals surface area (Å²) in [7, 11) is 0. The third-order valence-electron chi connectivity index (χ3n) is 5.34. The van der Waals surface area contributed by atoms with Crippen LogP contribution in [0.15, 0.2) is 95.4 Å². The molecule has 3 aromatic carbocycles. The number of hydrogen-bond acceptors (Lipinski definition) is 6. The molecule has 0 fully saturated rings. The van der Waals surface area contributed by atoms with Crippen LogP contribution in [-0.4, -0.2) is 23.1 Å². The van der Waals surface area contributed by atoms with Crippen molar-refractivity contribution in [1.82, 2.24) is 10.3 Å². The number of oxazole rings is 1. The summed E-state index contributed by atoms with van der Waals surface area (Å²) >= 11 is 0. The Bertz CT molecular complexity index is 1240. The Morgan fingerprint density at radius 3 is 2.09 bits per heavy atom. The zero-order chi connectivity index (χ0) is 24.5. The Balaban J connectivity index is 1.40. The van der Waals surface area contributed by atoms with Gasteiger partial charge in [0.05, 0.1) is 0 Å². The van der Waals surface area contributed by atoms with Gasteiger partial charge in [0.15, 0.2) is 0 Å². The predicted molar refractivity (Wildman–Crippen MR) is 130 cm³/mol. The Morgan fingerprint density at radius 2 is 1.43 bits per heavy atom. The van der Waals surface area contributed by atoms with Gasteiger partial charge in [0.2, 0.25) is 5.89 Å². The number of ether oxygens (including phenoxy) is 2. The van der Waals surface area contributed by atoms with Gasteiger partial charge in [-0.05, 0) is 30.2 Å². The van der Waals surface area contributed by atoms with E-state index in [0.717, 1.165) is 16.7 Å². The molecule has 0 saturated heterocycles. The molecular weight excluding hydrogens is 444 g/mol. The van der Waals surface area contributed by atoms with Crippen LogP contribution in [0.4, 0.5) is 4.79 Å². The van der Waals surface area contributed by atoms with E-state index in [1.165, 1.54) is 0 Å². The molecule has 1 N–H and O–H groups in total. The second-order valence-electron chi connectivity index (χ2n) is 7.94. The average molecular weight is 471 g/mol. The normalized spacial score (nSPS) is 11.5. The Morgan fingerprint density at radius 1 is 0.829 bits per heavy atom. The van der Waals surface area contributed by atoms with Gasteiger partial charge < -0.3 is 19.2 Å². The molecule has 178 valence electrons. The first-order valence-corrected chi connectivity index (χ1v) is 11.3. The molecule has 1 heterocycles. The van der Waals surface area contributed by atoms with Gasteiger partial charge >= 0.3 is 12.1 Å². The molecule has 0 spiro atoms. The summed E-state index contributed by atoms with van der Waals surface area (Å²) < 4.78 is 16.6. The molecule has 0 aliphatic heterocycles. The minimum Gasteiger partial charge on any atom is -0.457 e. The predicted octanol–water partition coefficient (Wildman–Crippen LogP) is 5.23. The number of hydrogen-bond donors (Lipinski definition) is 1. The van der Waals surface area contributed by atoms with Crippen molar-refractivity contribution in [3.63, 3.8) is 0 Å². The van der Waals surface area contributed by atoms with Crippen molar-refractivity contribution < 1.29 is 23.5 Å². The van der Waals surface area contributed by atoms with Crippen LogP contribution in [0.1, 0.15) is 22.6 Å². The van der Waals surface area contributed by atoms with Gasteiger partial charge in [-0.1, -0.05) is 78.9 Å². The second kappa shape index (κ2) is 11.7. The highest BCUT2D eigenvalue weighted by Gasteiger charge is 2.24. The average Bonchev–Trinajstić information content (AvgIpc) is 3.28. The Hall–Kier alpha value is -4.39. The molecule has 0 unspecified atom stereocenters. The van der Waals surface area contributed by atoms with E-state index in [2.05, 4.69) is 10.3 Å². The fourth-order valence-corrected chi connectivity index (χ4v) is 3.46. The van der Waals surface area contributed by atoms with Gasteiger partial charge in [-0.15, -0.1) is 0 Å². The van der Waals surface area contributed by atoms with Crippen molar-refractivity contribution in [1.29, 1.82) is 0 Å². The van der Waals surface area contributed by atoms with Gasteiger partial charge in [-0.3, -0.25) is 0 Å². The zero-order valence-corrected chi connectivity index (χ0v) is 19.3. The highest BCUT2D eigenvalue weighted by Crippen LogP contribution is 2.22. The molecule has 35 heavy (non-hydrogen) atoms. The van der Waals surface area contributed by atoms with Gasteiger partial charge in [-0.25, -0.2) is 14.6 Å². The zero-order valence-electron chi connectivity index (χ0n) is 19.3. The quantitative estimate of drug-likeness (QED) is 0.337. The third-order valence-corrected chi connectivity index (χ3v) is 5.34. The Labute approximate surface area is 203 Å². The summed E-state index contributed by atoms with van der Waals surface area (Å²) in [6, 6.07) is 27.3. The topological polar surface area (TPSA) is 90.7 Å². The molecule has 0 bridgehead atoms. The van der Waals surface area contributed by atoms with E-state index in [9.17, 15) is 9.59 Å². The van der Waals surface area contributed by atoms with Gasteiger partial charge in [0.1, 0.15) is 30.7 Å². The van der Waals surface area contributed by atoms with Crippen LogP contribution in [0.3, 0.4) is 0 Å². The van der Waals surface area contributed by atoms with Crippen molar-refractivity contribution in [3.05, 3.63) is 114 Å². The molecule has 1 atom stereocenters. The summed E-state index contributed by atoms with van der Waals surface area (Å²) in [5.74, 6) is 0.429. The monoisotopic (exact) mass is 470 g/mol. The van der Waals surface area contributed by atoms with Crippen LogP contribution in [0.5, 0.6) is 0 Å². The van der Waals surface area contributed by atoms with Crippen molar-refractivity contribution in [2.24, 2.45) is 0 Å². The minimum atomic E-state index is -0.929.